The molecule has 0 radical (unpaired) electrons. The van der Waals surface area contributed by atoms with E-state index in [1.54, 1.807) is 6.07 Å². The number of halogens is 1. The molecule has 0 saturated carbocycles. The highest BCUT2D eigenvalue weighted by atomic mass is 35.5. The Morgan fingerprint density at radius 2 is 2.11 bits per heavy atom. The first kappa shape index (κ1) is 16.4. The van der Waals surface area contributed by atoms with Crippen molar-refractivity contribution in [3.63, 3.8) is 0 Å². The van der Waals surface area contributed by atoms with Gasteiger partial charge in [-0.3, -0.25) is 0 Å². The van der Waals surface area contributed by atoms with Crippen LogP contribution in [0.2, 0.25) is 5.02 Å². The quantitative estimate of drug-likeness (QED) is 0.789. The topological polar surface area (TPSA) is 72.2 Å². The minimum atomic E-state index is -3.60. The molecule has 0 saturated heterocycles. The van der Waals surface area contributed by atoms with Gasteiger partial charge in [0.25, 0.3) is 0 Å². The van der Waals surface area contributed by atoms with Gasteiger partial charge in [-0.2, -0.15) is 0 Å². The van der Waals surface area contributed by atoms with Crippen molar-refractivity contribution >= 4 is 38.8 Å². The molecule has 106 valence electrons. The summed E-state index contributed by atoms with van der Waals surface area (Å²) in [5.41, 5.74) is 6.01. The Hall–Kier alpha value is -0.690. The van der Waals surface area contributed by atoms with E-state index in [4.69, 9.17) is 29.6 Å². The minimum Gasteiger partial charge on any atom is -0.389 e. The third kappa shape index (κ3) is 4.72. The first-order valence-corrected chi connectivity index (χ1v) is 8.10. The summed E-state index contributed by atoms with van der Waals surface area (Å²) in [6.45, 7) is 4.43. The molecule has 0 unspecified atom stereocenters. The highest BCUT2D eigenvalue weighted by Crippen LogP contribution is 2.22. The lowest BCUT2D eigenvalue weighted by atomic mass is 10.1. The van der Waals surface area contributed by atoms with Crippen LogP contribution in [-0.2, 0) is 10.0 Å². The summed E-state index contributed by atoms with van der Waals surface area (Å²) < 4.78 is 26.6. The van der Waals surface area contributed by atoms with Crippen molar-refractivity contribution in [3.8, 4) is 0 Å². The third-order valence-electron chi connectivity index (χ3n) is 2.52. The summed E-state index contributed by atoms with van der Waals surface area (Å²) >= 11 is 10.8. The number of rotatable bonds is 6. The Morgan fingerprint density at radius 3 is 2.58 bits per heavy atom. The molecule has 7 heteroatoms. The monoisotopic (exact) mass is 320 g/mol. The van der Waals surface area contributed by atoms with Gasteiger partial charge in [-0.15, -0.1) is 0 Å². The molecule has 0 fully saturated rings. The molecule has 0 amide bonds. The van der Waals surface area contributed by atoms with Gasteiger partial charge in [0, 0.05) is 12.1 Å². The van der Waals surface area contributed by atoms with Gasteiger partial charge >= 0.3 is 0 Å². The first-order chi connectivity index (χ1) is 8.74. The van der Waals surface area contributed by atoms with E-state index in [0.717, 1.165) is 6.42 Å². The van der Waals surface area contributed by atoms with Crippen LogP contribution >= 0.6 is 23.8 Å². The van der Waals surface area contributed by atoms with Gasteiger partial charge in [0.05, 0.1) is 5.02 Å². The van der Waals surface area contributed by atoms with Crippen LogP contribution in [0.25, 0.3) is 0 Å². The highest BCUT2D eigenvalue weighted by molar-refractivity contribution is 7.89. The maximum atomic E-state index is 12.1. The molecule has 0 atom stereocenters. The molecule has 4 nitrogen and oxygen atoms in total. The molecule has 0 heterocycles. The predicted molar refractivity (Wildman–Crippen MR) is 82.0 cm³/mol. The lowest BCUT2D eigenvalue weighted by Gasteiger charge is -2.10. The predicted octanol–water partition coefficient (Wildman–Crippen LogP) is 2.30. The van der Waals surface area contributed by atoms with Crippen molar-refractivity contribution in [1.82, 2.24) is 4.72 Å². The maximum Gasteiger partial charge on any atom is 0.242 e. The molecule has 0 aliphatic rings. The van der Waals surface area contributed by atoms with Crippen LogP contribution in [0.3, 0.4) is 0 Å². The minimum absolute atomic E-state index is 0.0397. The summed E-state index contributed by atoms with van der Waals surface area (Å²) in [5.74, 6) is 0.426. The van der Waals surface area contributed by atoms with E-state index < -0.39 is 10.0 Å². The Bertz CT molecular complexity index is 571. The van der Waals surface area contributed by atoms with Crippen LogP contribution < -0.4 is 10.5 Å². The van der Waals surface area contributed by atoms with E-state index in [0.29, 0.717) is 18.0 Å². The number of sulfonamides is 1. The van der Waals surface area contributed by atoms with E-state index in [9.17, 15) is 8.42 Å². The maximum absolute atomic E-state index is 12.1. The summed E-state index contributed by atoms with van der Waals surface area (Å²) in [6, 6.07) is 4.42. The van der Waals surface area contributed by atoms with Gasteiger partial charge in [0.1, 0.15) is 9.88 Å². The second-order valence-electron chi connectivity index (χ2n) is 4.59. The fourth-order valence-corrected chi connectivity index (χ4v) is 3.15. The lowest BCUT2D eigenvalue weighted by Crippen LogP contribution is -2.26. The van der Waals surface area contributed by atoms with Crippen molar-refractivity contribution in [1.29, 1.82) is 0 Å². The molecule has 0 aliphatic heterocycles. The normalized spacial score (nSPS) is 11.8. The molecule has 1 rings (SSSR count). The summed E-state index contributed by atoms with van der Waals surface area (Å²) in [5, 5.41) is 0.113. The average Bonchev–Trinajstić information content (AvgIpc) is 2.27. The smallest absolute Gasteiger partial charge is 0.242 e. The summed E-state index contributed by atoms with van der Waals surface area (Å²) in [7, 11) is -3.60. The van der Waals surface area contributed by atoms with Crippen LogP contribution in [-0.4, -0.2) is 20.0 Å². The largest absolute Gasteiger partial charge is 0.389 e. The molecule has 1 aromatic carbocycles. The van der Waals surface area contributed by atoms with E-state index >= 15 is 0 Å². The SMILES string of the molecule is CC(C)CCNS(=O)(=O)c1ccc(C(N)=S)cc1Cl. The van der Waals surface area contributed by atoms with Crippen molar-refractivity contribution in [3.05, 3.63) is 28.8 Å². The Morgan fingerprint density at radius 1 is 1.47 bits per heavy atom. The zero-order valence-electron chi connectivity index (χ0n) is 10.8. The van der Waals surface area contributed by atoms with E-state index in [-0.39, 0.29) is 14.9 Å². The molecular formula is C12H17ClN2O2S2. The molecule has 1 aromatic rings. The third-order valence-corrected chi connectivity index (χ3v) is 4.70. The second kappa shape index (κ2) is 6.65. The van der Waals surface area contributed by atoms with Gasteiger partial charge < -0.3 is 5.73 Å². The van der Waals surface area contributed by atoms with Crippen LogP contribution in [0.15, 0.2) is 23.1 Å². The fraction of sp³-hybridized carbons (Fsp3) is 0.417. The van der Waals surface area contributed by atoms with Gasteiger partial charge in [0.15, 0.2) is 0 Å². The second-order valence-corrected chi connectivity index (χ2v) is 7.17. The number of hydrogen-bond acceptors (Lipinski definition) is 3. The fourth-order valence-electron chi connectivity index (χ4n) is 1.43. The molecular weight excluding hydrogens is 304 g/mol. The molecule has 0 aliphatic carbocycles. The van der Waals surface area contributed by atoms with E-state index in [1.807, 2.05) is 13.8 Å². The van der Waals surface area contributed by atoms with Crippen LogP contribution in [0.1, 0.15) is 25.8 Å². The molecule has 0 spiro atoms. The van der Waals surface area contributed by atoms with E-state index in [2.05, 4.69) is 4.72 Å². The Balaban J connectivity index is 2.93. The number of thiocarbonyl (C=S) groups is 1. The summed E-state index contributed by atoms with van der Waals surface area (Å²) in [4.78, 5) is 0.219. The van der Waals surface area contributed by atoms with Crippen LogP contribution in [0.5, 0.6) is 0 Å². The standard InChI is InChI=1S/C12H17ClN2O2S2/c1-8(2)5-6-15-19(16,17)11-4-3-9(12(14)18)7-10(11)13/h3-4,7-8,15H,5-6H2,1-2H3,(H2,14,18). The lowest BCUT2D eigenvalue weighted by molar-refractivity contribution is 0.551. The van der Waals surface area contributed by atoms with Crippen molar-refractivity contribution in [2.75, 3.05) is 6.54 Å². The van der Waals surface area contributed by atoms with Crippen molar-refractivity contribution in [2.45, 2.75) is 25.2 Å². The Labute approximate surface area is 124 Å². The number of nitrogens with one attached hydrogen (secondary N) is 1. The van der Waals surface area contributed by atoms with E-state index in [1.165, 1.54) is 12.1 Å². The van der Waals surface area contributed by atoms with Gasteiger partial charge in [0.2, 0.25) is 10.0 Å². The van der Waals surface area contributed by atoms with Crippen molar-refractivity contribution < 1.29 is 8.42 Å². The number of nitrogens with two attached hydrogens (primary N) is 1. The molecule has 3 N–H and O–H groups in total. The number of benzene rings is 1. The van der Waals surface area contributed by atoms with Crippen LogP contribution in [0.4, 0.5) is 0 Å². The highest BCUT2D eigenvalue weighted by Gasteiger charge is 2.18. The number of hydrogen-bond donors (Lipinski definition) is 2. The Kier molecular flexibility index (Phi) is 5.73. The van der Waals surface area contributed by atoms with Crippen molar-refractivity contribution in [2.24, 2.45) is 11.7 Å². The average molecular weight is 321 g/mol. The van der Waals surface area contributed by atoms with Gasteiger partial charge in [-0.25, -0.2) is 13.1 Å². The zero-order chi connectivity index (χ0) is 14.6. The van der Waals surface area contributed by atoms with Gasteiger partial charge in [-0.1, -0.05) is 43.7 Å². The first-order valence-electron chi connectivity index (χ1n) is 5.83. The molecule has 0 aromatic heterocycles. The van der Waals surface area contributed by atoms with Gasteiger partial charge in [-0.05, 0) is 24.5 Å². The summed E-state index contributed by atoms with van der Waals surface area (Å²) in [6.07, 6.45) is 0.766. The molecule has 0 bridgehead atoms. The van der Waals surface area contributed by atoms with Crippen LogP contribution in [0, 0.1) is 5.92 Å². The zero-order valence-corrected chi connectivity index (χ0v) is 13.2. The molecule has 19 heavy (non-hydrogen) atoms.